The van der Waals surface area contributed by atoms with Crippen LogP contribution in [0, 0.1) is 6.92 Å². The lowest BCUT2D eigenvalue weighted by Crippen LogP contribution is -2.43. The molecule has 5 rings (SSSR count). The second kappa shape index (κ2) is 11.8. The van der Waals surface area contributed by atoms with Gasteiger partial charge in [0.2, 0.25) is 5.95 Å². The molecule has 37 heavy (non-hydrogen) atoms. The van der Waals surface area contributed by atoms with Crippen molar-refractivity contribution in [1.82, 2.24) is 19.8 Å². The van der Waals surface area contributed by atoms with Gasteiger partial charge in [-0.25, -0.2) is 13.1 Å². The fourth-order valence-electron chi connectivity index (χ4n) is 4.14. The molecule has 2 aliphatic rings. The number of carbonyl (C=O) groups excluding carboxylic acids is 1. The van der Waals surface area contributed by atoms with Crippen LogP contribution >= 0.6 is 21.0 Å². The summed E-state index contributed by atoms with van der Waals surface area (Å²) in [5, 5.41) is 6.31. The van der Waals surface area contributed by atoms with Crippen molar-refractivity contribution in [3.05, 3.63) is 93.3 Å². The van der Waals surface area contributed by atoms with Crippen molar-refractivity contribution in [2.24, 2.45) is 3.15 Å². The molecule has 8 nitrogen and oxygen atoms in total. The van der Waals surface area contributed by atoms with Crippen LogP contribution in [0.2, 0.25) is 0 Å². The van der Waals surface area contributed by atoms with Crippen LogP contribution in [0.1, 0.15) is 27.2 Å². The first-order valence-corrected chi connectivity index (χ1v) is 14.5. The van der Waals surface area contributed by atoms with E-state index in [9.17, 15) is 4.79 Å². The highest BCUT2D eigenvalue weighted by molar-refractivity contribution is 14.2. The van der Waals surface area contributed by atoms with Crippen molar-refractivity contribution in [2.45, 2.75) is 13.5 Å². The van der Waals surface area contributed by atoms with E-state index in [4.69, 9.17) is 0 Å². The van der Waals surface area contributed by atoms with E-state index < -0.39 is 0 Å². The smallest absolute Gasteiger partial charge is 0.255 e. The lowest BCUT2D eigenvalue weighted by molar-refractivity contribution is 0.102. The number of aryl methyl sites for hydroxylation is 1. The van der Waals surface area contributed by atoms with Crippen molar-refractivity contribution in [2.75, 3.05) is 43.9 Å². The Morgan fingerprint density at radius 2 is 1.86 bits per heavy atom. The molecule has 2 N–H and O–H groups in total. The number of aromatic nitrogens is 2. The van der Waals surface area contributed by atoms with Crippen LogP contribution in [0.5, 0.6) is 0 Å². The quantitative estimate of drug-likeness (QED) is 0.343. The zero-order valence-electron chi connectivity index (χ0n) is 21.0. The van der Waals surface area contributed by atoms with E-state index in [0.717, 1.165) is 55.4 Å². The van der Waals surface area contributed by atoms with Crippen LogP contribution < -0.4 is 10.6 Å². The zero-order valence-corrected chi connectivity index (χ0v) is 23.1. The molecule has 1 fully saturated rings. The first-order chi connectivity index (χ1) is 18.0. The Bertz CT molecular complexity index is 1360. The Hall–Kier alpha value is -3.28. The van der Waals surface area contributed by atoms with Gasteiger partial charge in [-0.1, -0.05) is 24.3 Å². The van der Waals surface area contributed by atoms with E-state index in [0.29, 0.717) is 17.2 Å². The molecule has 0 radical (unpaired) electrons. The largest absolute Gasteiger partial charge is 0.324 e. The van der Waals surface area contributed by atoms with Crippen molar-refractivity contribution in [3.63, 3.8) is 0 Å². The molecule has 0 aliphatic carbocycles. The first kappa shape index (κ1) is 25.4. The number of halogens is 1. The average molecular weight is 608 g/mol. The maximum atomic E-state index is 12.9. The van der Waals surface area contributed by atoms with Gasteiger partial charge < -0.3 is 15.5 Å². The van der Waals surface area contributed by atoms with Crippen LogP contribution in [-0.2, 0) is 6.54 Å². The van der Waals surface area contributed by atoms with Gasteiger partial charge in [0.15, 0.2) is 0 Å². The minimum absolute atomic E-state index is 0.138. The minimum atomic E-state index is -0.305. The number of nitrogens with one attached hydrogen (secondary N) is 2. The Morgan fingerprint density at radius 3 is 2.62 bits per heavy atom. The molecule has 1 aromatic heterocycles. The molecular formula is C28H30IN7O. The first-order valence-electron chi connectivity index (χ1n) is 12.3. The van der Waals surface area contributed by atoms with Crippen molar-refractivity contribution >= 4 is 50.0 Å². The highest BCUT2D eigenvalue weighted by Crippen LogP contribution is 2.26. The van der Waals surface area contributed by atoms with E-state index in [-0.39, 0.29) is 26.9 Å². The molecule has 0 atom stereocenters. The standard InChI is InChI=1S/C28H30IN7O/c1-20-5-10-23(18-26(20)33-28-30-13-11-24(32-28)25-4-3-12-29-34-25)31-27(37)22-8-6-21(7-9-22)19-36-16-14-35(2)15-17-36/h3-13,18H,14-17,19H2,1-2H3,(H,31,37)(H,30,32,33). The lowest BCUT2D eigenvalue weighted by atomic mass is 10.1. The van der Waals surface area contributed by atoms with Crippen molar-refractivity contribution in [1.29, 1.82) is 0 Å². The predicted molar refractivity (Wildman–Crippen MR) is 157 cm³/mol. The number of allylic oxidation sites excluding steroid dienone is 2. The highest BCUT2D eigenvalue weighted by Gasteiger charge is 2.14. The third-order valence-corrected chi connectivity index (χ3v) is 7.94. The number of nitrogens with zero attached hydrogens (tertiary/aromatic N) is 5. The molecule has 1 amide bonds. The van der Waals surface area contributed by atoms with Crippen LogP contribution in [0.4, 0.5) is 17.3 Å². The Kier molecular flexibility index (Phi) is 8.12. The Labute approximate surface area is 227 Å². The highest BCUT2D eigenvalue weighted by atomic mass is 127. The van der Waals surface area contributed by atoms with Crippen LogP contribution in [0.15, 0.2) is 74.1 Å². The number of benzene rings is 2. The van der Waals surface area contributed by atoms with Gasteiger partial charge >= 0.3 is 0 Å². The SMILES string of the molecule is Cc1ccc(NC(=O)c2ccc(CN3CCN(C)CC3)cc2)cc1Nc1nccc(C2=CC=CI=N2)n1. The zero-order chi connectivity index (χ0) is 25.6. The molecule has 0 bridgehead atoms. The van der Waals surface area contributed by atoms with Crippen molar-refractivity contribution in [3.8, 4) is 0 Å². The molecule has 2 aromatic carbocycles. The molecule has 0 saturated carbocycles. The number of rotatable bonds is 7. The third-order valence-electron chi connectivity index (χ3n) is 6.40. The summed E-state index contributed by atoms with van der Waals surface area (Å²) in [5.74, 6) is 0.352. The van der Waals surface area contributed by atoms with Crippen molar-refractivity contribution < 1.29 is 4.79 Å². The van der Waals surface area contributed by atoms with Gasteiger partial charge in [0, 0.05) is 76.9 Å². The normalized spacial score (nSPS) is 16.1. The van der Waals surface area contributed by atoms with E-state index in [1.54, 1.807) is 6.20 Å². The van der Waals surface area contributed by atoms with Gasteiger partial charge in [0.05, 0.1) is 11.4 Å². The van der Waals surface area contributed by atoms with E-state index >= 15 is 0 Å². The summed E-state index contributed by atoms with van der Waals surface area (Å²) in [6.45, 7) is 7.25. The van der Waals surface area contributed by atoms with Crippen LogP contribution in [-0.4, -0.2) is 58.9 Å². The number of hydrogen-bond acceptors (Lipinski definition) is 7. The molecule has 3 aromatic rings. The fraction of sp³-hybridized carbons (Fsp3) is 0.250. The Balaban J connectivity index is 1.23. The van der Waals surface area contributed by atoms with E-state index in [1.165, 1.54) is 5.56 Å². The van der Waals surface area contributed by atoms with Crippen LogP contribution in [0.25, 0.3) is 5.70 Å². The molecule has 190 valence electrons. The van der Waals surface area contributed by atoms with Gasteiger partial charge in [0.1, 0.15) is 0 Å². The maximum Gasteiger partial charge on any atom is 0.255 e. The molecule has 9 heteroatoms. The second-order valence-electron chi connectivity index (χ2n) is 9.20. The van der Waals surface area contributed by atoms with Gasteiger partial charge in [-0.05, 0) is 65.6 Å². The summed E-state index contributed by atoms with van der Waals surface area (Å²) < 4.78 is 6.70. The number of amides is 1. The summed E-state index contributed by atoms with van der Waals surface area (Å²) in [6, 6.07) is 15.5. The summed E-state index contributed by atoms with van der Waals surface area (Å²) in [4.78, 5) is 26.7. The summed E-state index contributed by atoms with van der Waals surface area (Å²) >= 11 is -0.305. The van der Waals surface area contributed by atoms with Gasteiger partial charge in [0.25, 0.3) is 5.91 Å². The third kappa shape index (κ3) is 6.73. The number of anilines is 3. The molecule has 3 heterocycles. The van der Waals surface area contributed by atoms with E-state index in [2.05, 4.69) is 44.7 Å². The van der Waals surface area contributed by atoms with Crippen LogP contribution in [0.3, 0.4) is 0 Å². The monoisotopic (exact) mass is 607 g/mol. The summed E-state index contributed by atoms with van der Waals surface area (Å²) in [6.07, 6.45) is 5.73. The topological polar surface area (TPSA) is 85.8 Å². The molecule has 2 aliphatic heterocycles. The van der Waals surface area contributed by atoms with Gasteiger partial charge in [-0.2, -0.15) is 0 Å². The van der Waals surface area contributed by atoms with E-state index in [1.807, 2.05) is 67.6 Å². The molecule has 1 saturated heterocycles. The number of hydrogen-bond donors (Lipinski definition) is 2. The number of likely N-dealkylation sites (N-methyl/N-ethyl adjacent to an activating group) is 1. The average Bonchev–Trinajstić information content (AvgIpc) is 2.93. The number of carbonyl (C=O) groups is 1. The molecular weight excluding hydrogens is 577 g/mol. The van der Waals surface area contributed by atoms with Gasteiger partial charge in [-0.3, -0.25) is 9.69 Å². The molecule has 0 unspecified atom stereocenters. The van der Waals surface area contributed by atoms with Gasteiger partial charge in [-0.15, -0.1) is 0 Å². The summed E-state index contributed by atoms with van der Waals surface area (Å²) in [5.41, 5.74) is 6.09. The predicted octanol–water partition coefficient (Wildman–Crippen LogP) is 5.55. The minimum Gasteiger partial charge on any atom is -0.324 e. The second-order valence-corrected chi connectivity index (χ2v) is 11.0. The Morgan fingerprint density at radius 1 is 1.05 bits per heavy atom. The number of piperazine rings is 1. The maximum absolute atomic E-state index is 12.9. The summed E-state index contributed by atoms with van der Waals surface area (Å²) in [7, 11) is 2.16. The fourth-order valence-corrected chi connectivity index (χ4v) is 5.41. The molecule has 0 spiro atoms. The lowest BCUT2D eigenvalue weighted by Gasteiger charge is -2.32.